The van der Waals surface area contributed by atoms with E-state index >= 15 is 0 Å². The fraction of sp³-hybridized carbons (Fsp3) is 0.333. The van der Waals surface area contributed by atoms with Crippen LogP contribution in [-0.2, 0) is 24.7 Å². The molecule has 0 aliphatic carbocycles. The zero-order chi connectivity index (χ0) is 22.7. The molecule has 4 N–H and O–H groups in total. The molecule has 0 amide bonds. The van der Waals surface area contributed by atoms with Gasteiger partial charge in [-0.05, 0) is 32.0 Å². The summed E-state index contributed by atoms with van der Waals surface area (Å²) in [7, 11) is -9.40. The molecule has 0 unspecified atom stereocenters. The molecule has 2 aromatic rings. The fourth-order valence-electron chi connectivity index (χ4n) is 2.41. The second kappa shape index (κ2) is 9.46. The number of nitrogen functional groups attached to an aromatic ring is 1. The van der Waals surface area contributed by atoms with Crippen molar-refractivity contribution in [1.29, 1.82) is 0 Å². The monoisotopic (exact) mass is 570 g/mol. The Morgan fingerprint density at radius 1 is 1.07 bits per heavy atom. The van der Waals surface area contributed by atoms with E-state index in [1.165, 1.54) is 0 Å². The standard InChI is InChI=1S/C15H19IN6O6S2/c1-3-22(4-2)15-18-11(8-16)13(14(17)19-15)21-20-10-7-9(29(23,24)25)5-6-12(10)30(26,27)28/h5-7H,3-4,8H2,1-2H3,(H2,17,18,19)(H,23,24,25)(H,26,27,28). The lowest BCUT2D eigenvalue weighted by Crippen LogP contribution is -2.25. The van der Waals surface area contributed by atoms with Gasteiger partial charge < -0.3 is 10.6 Å². The predicted octanol–water partition coefficient (Wildman–Crippen LogP) is 2.75. The number of hydrogen-bond donors (Lipinski definition) is 3. The molecule has 0 saturated carbocycles. The Balaban J connectivity index is 2.64. The van der Waals surface area contributed by atoms with Gasteiger partial charge in [-0.3, -0.25) is 9.11 Å². The predicted molar refractivity (Wildman–Crippen MR) is 118 cm³/mol. The molecular formula is C15H19IN6O6S2. The highest BCUT2D eigenvalue weighted by molar-refractivity contribution is 14.1. The van der Waals surface area contributed by atoms with Crippen LogP contribution in [0.5, 0.6) is 0 Å². The van der Waals surface area contributed by atoms with Crippen LogP contribution in [0.15, 0.2) is 38.2 Å². The zero-order valence-corrected chi connectivity index (χ0v) is 19.7. The van der Waals surface area contributed by atoms with Crippen molar-refractivity contribution in [3.63, 3.8) is 0 Å². The minimum absolute atomic E-state index is 0.0124. The number of anilines is 2. The Labute approximate surface area is 187 Å². The van der Waals surface area contributed by atoms with Crippen LogP contribution in [0, 0.1) is 0 Å². The van der Waals surface area contributed by atoms with Crippen LogP contribution in [0.1, 0.15) is 19.5 Å². The Kier molecular flexibility index (Phi) is 7.67. The molecular weight excluding hydrogens is 551 g/mol. The van der Waals surface area contributed by atoms with Crippen molar-refractivity contribution >= 4 is 66.0 Å². The number of azo groups is 1. The summed E-state index contributed by atoms with van der Waals surface area (Å²) in [6.45, 7) is 5.16. The minimum atomic E-state index is -4.75. The number of alkyl halides is 1. The molecule has 2 rings (SSSR count). The smallest absolute Gasteiger partial charge is 0.296 e. The molecule has 12 nitrogen and oxygen atoms in total. The molecule has 0 fully saturated rings. The van der Waals surface area contributed by atoms with Crippen LogP contribution >= 0.6 is 22.6 Å². The number of rotatable bonds is 8. The van der Waals surface area contributed by atoms with Gasteiger partial charge in [0, 0.05) is 17.5 Å². The molecule has 0 bridgehead atoms. The van der Waals surface area contributed by atoms with Gasteiger partial charge in [0.2, 0.25) is 5.95 Å². The summed E-state index contributed by atoms with van der Waals surface area (Å²) >= 11 is 2.04. The van der Waals surface area contributed by atoms with Crippen LogP contribution in [0.4, 0.5) is 23.1 Å². The topological polar surface area (TPSA) is 188 Å². The van der Waals surface area contributed by atoms with E-state index in [2.05, 4.69) is 20.2 Å². The van der Waals surface area contributed by atoms with Crippen molar-refractivity contribution in [3.05, 3.63) is 23.9 Å². The normalized spacial score (nSPS) is 12.4. The van der Waals surface area contributed by atoms with E-state index in [1.54, 1.807) is 0 Å². The molecule has 0 saturated heterocycles. The van der Waals surface area contributed by atoms with Gasteiger partial charge in [-0.25, -0.2) is 4.98 Å². The maximum atomic E-state index is 11.6. The first-order valence-electron chi connectivity index (χ1n) is 8.40. The summed E-state index contributed by atoms with van der Waals surface area (Å²) in [6.07, 6.45) is 0. The molecule has 0 radical (unpaired) electrons. The Bertz CT molecular complexity index is 1180. The van der Waals surface area contributed by atoms with Gasteiger partial charge in [0.05, 0.1) is 10.6 Å². The second-order valence-electron chi connectivity index (χ2n) is 5.79. The van der Waals surface area contributed by atoms with Crippen molar-refractivity contribution in [2.75, 3.05) is 23.7 Å². The van der Waals surface area contributed by atoms with Gasteiger partial charge in [-0.15, -0.1) is 10.2 Å². The van der Waals surface area contributed by atoms with Crippen LogP contribution in [0.25, 0.3) is 0 Å². The summed E-state index contributed by atoms with van der Waals surface area (Å²) in [5.74, 6) is 0.386. The lowest BCUT2D eigenvalue weighted by molar-refractivity contribution is 0.478. The van der Waals surface area contributed by atoms with Crippen molar-refractivity contribution in [2.24, 2.45) is 10.2 Å². The van der Waals surface area contributed by atoms with E-state index in [0.717, 1.165) is 18.2 Å². The number of aromatic nitrogens is 2. The van der Waals surface area contributed by atoms with Gasteiger partial charge in [-0.2, -0.15) is 21.8 Å². The van der Waals surface area contributed by atoms with Crippen LogP contribution < -0.4 is 10.6 Å². The number of benzene rings is 1. The van der Waals surface area contributed by atoms with Gasteiger partial charge in [0.25, 0.3) is 20.2 Å². The minimum Gasteiger partial charge on any atom is -0.382 e. The molecule has 1 heterocycles. The van der Waals surface area contributed by atoms with Gasteiger partial charge >= 0.3 is 0 Å². The molecule has 30 heavy (non-hydrogen) atoms. The average molecular weight is 570 g/mol. The van der Waals surface area contributed by atoms with E-state index in [1.807, 2.05) is 41.3 Å². The van der Waals surface area contributed by atoms with E-state index in [0.29, 0.717) is 29.2 Å². The fourth-order valence-corrected chi connectivity index (χ4v) is 4.05. The third kappa shape index (κ3) is 5.60. The summed E-state index contributed by atoms with van der Waals surface area (Å²) in [5.41, 5.74) is 5.97. The molecule has 1 aromatic heterocycles. The summed E-state index contributed by atoms with van der Waals surface area (Å²) < 4.78 is 64.8. The van der Waals surface area contributed by atoms with Gasteiger partial charge in [0.15, 0.2) is 11.5 Å². The maximum absolute atomic E-state index is 11.6. The largest absolute Gasteiger partial charge is 0.382 e. The Morgan fingerprint density at radius 3 is 2.20 bits per heavy atom. The highest BCUT2D eigenvalue weighted by atomic mass is 127. The molecule has 0 aliphatic rings. The van der Waals surface area contributed by atoms with Crippen molar-refractivity contribution < 1.29 is 25.9 Å². The first-order valence-corrected chi connectivity index (χ1v) is 12.8. The summed E-state index contributed by atoms with van der Waals surface area (Å²) in [5, 5.41) is 7.63. The van der Waals surface area contributed by atoms with Crippen LogP contribution in [0.3, 0.4) is 0 Å². The van der Waals surface area contributed by atoms with E-state index in [9.17, 15) is 25.9 Å². The highest BCUT2D eigenvalue weighted by Gasteiger charge is 2.21. The third-order valence-electron chi connectivity index (χ3n) is 3.91. The van der Waals surface area contributed by atoms with E-state index in [4.69, 9.17) is 5.73 Å². The lowest BCUT2D eigenvalue weighted by atomic mass is 10.3. The molecule has 0 spiro atoms. The van der Waals surface area contributed by atoms with Crippen molar-refractivity contribution in [3.8, 4) is 0 Å². The molecule has 1 aromatic carbocycles. The molecule has 15 heteroatoms. The molecule has 0 atom stereocenters. The average Bonchev–Trinajstić information content (AvgIpc) is 2.66. The lowest BCUT2D eigenvalue weighted by Gasteiger charge is -2.19. The van der Waals surface area contributed by atoms with E-state index in [-0.39, 0.29) is 11.5 Å². The number of nitrogens with two attached hydrogens (primary N) is 1. The summed E-state index contributed by atoms with van der Waals surface area (Å²) in [6, 6.07) is 2.35. The first-order chi connectivity index (χ1) is 13.9. The van der Waals surface area contributed by atoms with E-state index < -0.39 is 35.7 Å². The molecule has 0 aliphatic heterocycles. The summed E-state index contributed by atoms with van der Waals surface area (Å²) in [4.78, 5) is 9.15. The second-order valence-corrected chi connectivity index (χ2v) is 9.36. The number of halogens is 1. The number of hydrogen-bond acceptors (Lipinski definition) is 10. The molecule has 164 valence electrons. The van der Waals surface area contributed by atoms with Gasteiger partial charge in [-0.1, -0.05) is 22.6 Å². The first kappa shape index (κ1) is 24.3. The van der Waals surface area contributed by atoms with Gasteiger partial charge in [0.1, 0.15) is 10.6 Å². The maximum Gasteiger partial charge on any atom is 0.296 e. The third-order valence-corrected chi connectivity index (χ3v) is 6.38. The SMILES string of the molecule is CCN(CC)c1nc(N)c(N=Nc2cc(S(=O)(=O)O)ccc2S(=O)(=O)O)c(CI)n1. The van der Waals surface area contributed by atoms with Crippen molar-refractivity contribution in [2.45, 2.75) is 28.1 Å². The number of nitrogens with zero attached hydrogens (tertiary/aromatic N) is 5. The Hall–Kier alpha value is -1.95. The van der Waals surface area contributed by atoms with Crippen LogP contribution in [0.2, 0.25) is 0 Å². The highest BCUT2D eigenvalue weighted by Crippen LogP contribution is 2.33. The van der Waals surface area contributed by atoms with Crippen LogP contribution in [-0.4, -0.2) is 49.0 Å². The zero-order valence-electron chi connectivity index (χ0n) is 15.9. The van der Waals surface area contributed by atoms with Crippen molar-refractivity contribution in [1.82, 2.24) is 9.97 Å². The Morgan fingerprint density at radius 2 is 1.70 bits per heavy atom. The quantitative estimate of drug-likeness (QED) is 0.184.